The third-order valence-electron chi connectivity index (χ3n) is 3.27. The fourth-order valence-corrected chi connectivity index (χ4v) is 2.11. The average molecular weight is 332 g/mol. The molecule has 0 aliphatic carbocycles. The van der Waals surface area contributed by atoms with E-state index >= 15 is 0 Å². The van der Waals surface area contributed by atoms with Gasteiger partial charge in [-0.25, -0.2) is 0 Å². The number of carbonyl (C=O) groups is 2. The lowest BCUT2D eigenvalue weighted by molar-refractivity contribution is -0.385. The summed E-state index contributed by atoms with van der Waals surface area (Å²) < 4.78 is 5.81. The molecule has 0 saturated heterocycles. The van der Waals surface area contributed by atoms with E-state index in [1.54, 1.807) is 24.3 Å². The number of hydrogen-bond acceptors (Lipinski definition) is 6. The van der Waals surface area contributed by atoms with Gasteiger partial charge in [-0.3, -0.25) is 24.4 Å². The molecule has 1 aromatic heterocycles. The number of amides is 1. The summed E-state index contributed by atoms with van der Waals surface area (Å²) in [6.45, 7) is -0.196. The molecular formula is C15H16N4O5. The number of hydrogen-bond donors (Lipinski definition) is 1. The molecule has 0 radical (unpaired) electrons. The zero-order chi connectivity index (χ0) is 17.5. The zero-order valence-corrected chi connectivity index (χ0v) is 12.9. The molecule has 1 aromatic carbocycles. The van der Waals surface area contributed by atoms with Gasteiger partial charge in [0, 0.05) is 0 Å². The number of carbonyl (C=O) groups excluding carboxylic acids is 2. The van der Waals surface area contributed by atoms with Crippen molar-refractivity contribution in [3.63, 3.8) is 0 Å². The minimum Gasteiger partial charge on any atom is -0.469 e. The van der Waals surface area contributed by atoms with E-state index < -0.39 is 22.8 Å². The minimum atomic E-state index is -0.592. The molecule has 0 fully saturated rings. The number of ether oxygens (including phenoxy) is 1. The van der Waals surface area contributed by atoms with Crippen LogP contribution < -0.4 is 5.32 Å². The summed E-state index contributed by atoms with van der Waals surface area (Å²) in [6.07, 6.45) is 2.21. The SMILES string of the molecule is COC(=O)C[C@H](NC(=O)Cn1cc([N+](=O)[O-])cn1)c1ccccc1. The van der Waals surface area contributed by atoms with Gasteiger partial charge < -0.3 is 10.1 Å². The van der Waals surface area contributed by atoms with Crippen LogP contribution in [0.5, 0.6) is 0 Å². The molecule has 126 valence electrons. The fourth-order valence-electron chi connectivity index (χ4n) is 2.11. The van der Waals surface area contributed by atoms with E-state index in [0.29, 0.717) is 0 Å². The highest BCUT2D eigenvalue weighted by atomic mass is 16.6. The number of aromatic nitrogens is 2. The first kappa shape index (κ1) is 17.1. The highest BCUT2D eigenvalue weighted by Gasteiger charge is 2.19. The van der Waals surface area contributed by atoms with E-state index in [1.807, 2.05) is 6.07 Å². The van der Waals surface area contributed by atoms with E-state index in [-0.39, 0.29) is 18.7 Å². The normalized spacial score (nSPS) is 11.5. The quantitative estimate of drug-likeness (QED) is 0.463. The third-order valence-corrected chi connectivity index (χ3v) is 3.27. The Balaban J connectivity index is 2.06. The van der Waals surface area contributed by atoms with Crippen molar-refractivity contribution in [3.05, 3.63) is 58.4 Å². The minimum absolute atomic E-state index is 0.0223. The van der Waals surface area contributed by atoms with Crippen molar-refractivity contribution in [1.82, 2.24) is 15.1 Å². The van der Waals surface area contributed by atoms with Crippen LogP contribution >= 0.6 is 0 Å². The molecule has 1 heterocycles. The molecular weight excluding hydrogens is 316 g/mol. The lowest BCUT2D eigenvalue weighted by atomic mass is 10.0. The Morgan fingerprint density at radius 3 is 2.67 bits per heavy atom. The monoisotopic (exact) mass is 332 g/mol. The van der Waals surface area contributed by atoms with Crippen LogP contribution in [0.1, 0.15) is 18.0 Å². The average Bonchev–Trinajstić information content (AvgIpc) is 3.03. The highest BCUT2D eigenvalue weighted by Crippen LogP contribution is 2.17. The van der Waals surface area contributed by atoms with Crippen LogP contribution in [-0.4, -0.2) is 33.7 Å². The molecule has 1 amide bonds. The van der Waals surface area contributed by atoms with Crippen molar-refractivity contribution >= 4 is 17.6 Å². The number of nitrogens with one attached hydrogen (secondary N) is 1. The van der Waals surface area contributed by atoms with Gasteiger partial charge >= 0.3 is 11.7 Å². The molecule has 0 spiro atoms. The van der Waals surface area contributed by atoms with Gasteiger partial charge in [0.25, 0.3) is 0 Å². The molecule has 0 bridgehead atoms. The van der Waals surface area contributed by atoms with E-state index in [2.05, 4.69) is 15.2 Å². The molecule has 9 heteroatoms. The van der Waals surface area contributed by atoms with Crippen molar-refractivity contribution in [1.29, 1.82) is 0 Å². The highest BCUT2D eigenvalue weighted by molar-refractivity contribution is 5.78. The summed E-state index contributed by atoms with van der Waals surface area (Å²) in [5.74, 6) is -0.885. The molecule has 1 atom stereocenters. The summed E-state index contributed by atoms with van der Waals surface area (Å²) >= 11 is 0. The first-order chi connectivity index (χ1) is 11.5. The number of rotatable bonds is 7. The number of esters is 1. The number of benzene rings is 1. The van der Waals surface area contributed by atoms with Crippen LogP contribution in [-0.2, 0) is 20.9 Å². The Hall–Kier alpha value is -3.23. The molecule has 0 unspecified atom stereocenters. The van der Waals surface area contributed by atoms with E-state index in [4.69, 9.17) is 0 Å². The van der Waals surface area contributed by atoms with Crippen LogP contribution in [0.3, 0.4) is 0 Å². The predicted octanol–water partition coefficient (Wildman–Crippen LogP) is 1.21. The van der Waals surface area contributed by atoms with Gasteiger partial charge in [0.2, 0.25) is 5.91 Å². The first-order valence-electron chi connectivity index (χ1n) is 7.07. The van der Waals surface area contributed by atoms with Crippen LogP contribution in [0.4, 0.5) is 5.69 Å². The van der Waals surface area contributed by atoms with Crippen LogP contribution in [0, 0.1) is 10.1 Å². The topological polar surface area (TPSA) is 116 Å². The second-order valence-corrected chi connectivity index (χ2v) is 4.96. The van der Waals surface area contributed by atoms with Crippen molar-refractivity contribution in [2.75, 3.05) is 7.11 Å². The smallest absolute Gasteiger partial charge is 0.307 e. The van der Waals surface area contributed by atoms with Crippen LogP contribution in [0.2, 0.25) is 0 Å². The number of methoxy groups -OCH3 is 1. The standard InChI is InChI=1S/C15H16N4O5/c1-24-15(21)7-13(11-5-3-2-4-6-11)17-14(20)10-18-9-12(8-16-18)19(22)23/h2-6,8-9,13H,7,10H2,1H3,(H,17,20)/t13-/m0/s1. The second kappa shape index (κ2) is 7.86. The molecule has 0 saturated carbocycles. The molecule has 0 aliphatic rings. The molecule has 1 N–H and O–H groups in total. The van der Waals surface area contributed by atoms with Gasteiger partial charge in [-0.15, -0.1) is 0 Å². The summed E-state index contributed by atoms with van der Waals surface area (Å²) in [5.41, 5.74) is 0.555. The summed E-state index contributed by atoms with van der Waals surface area (Å²) in [6, 6.07) is 8.42. The maximum Gasteiger partial charge on any atom is 0.307 e. The summed E-state index contributed by atoms with van der Waals surface area (Å²) in [7, 11) is 1.27. The van der Waals surface area contributed by atoms with Crippen molar-refractivity contribution in [2.45, 2.75) is 19.0 Å². The lowest BCUT2D eigenvalue weighted by Gasteiger charge is -2.18. The maximum atomic E-state index is 12.2. The Morgan fingerprint density at radius 2 is 2.08 bits per heavy atom. The number of nitrogens with zero attached hydrogens (tertiary/aromatic N) is 3. The molecule has 2 aromatic rings. The Labute approximate surface area is 137 Å². The van der Waals surface area contributed by atoms with Gasteiger partial charge in [-0.2, -0.15) is 5.10 Å². The summed E-state index contributed by atoms with van der Waals surface area (Å²) in [5, 5.41) is 17.1. The van der Waals surface area contributed by atoms with Crippen molar-refractivity contribution in [2.24, 2.45) is 0 Å². The second-order valence-electron chi connectivity index (χ2n) is 4.96. The van der Waals surface area contributed by atoms with E-state index in [1.165, 1.54) is 7.11 Å². The first-order valence-corrected chi connectivity index (χ1v) is 7.07. The molecule has 0 aliphatic heterocycles. The van der Waals surface area contributed by atoms with Gasteiger partial charge in [0.15, 0.2) is 0 Å². The lowest BCUT2D eigenvalue weighted by Crippen LogP contribution is -2.33. The van der Waals surface area contributed by atoms with E-state index in [0.717, 1.165) is 22.6 Å². The predicted molar refractivity (Wildman–Crippen MR) is 82.8 cm³/mol. The van der Waals surface area contributed by atoms with Gasteiger partial charge in [0.05, 0.1) is 24.5 Å². The van der Waals surface area contributed by atoms with Crippen molar-refractivity contribution < 1.29 is 19.2 Å². The maximum absolute atomic E-state index is 12.2. The fraction of sp³-hybridized carbons (Fsp3) is 0.267. The van der Waals surface area contributed by atoms with Crippen LogP contribution in [0.15, 0.2) is 42.7 Å². The third kappa shape index (κ3) is 4.63. The van der Waals surface area contributed by atoms with Gasteiger partial charge in [-0.1, -0.05) is 30.3 Å². The molecule has 9 nitrogen and oxygen atoms in total. The van der Waals surface area contributed by atoms with E-state index in [9.17, 15) is 19.7 Å². The van der Waals surface area contributed by atoms with Crippen LogP contribution in [0.25, 0.3) is 0 Å². The van der Waals surface area contributed by atoms with Gasteiger partial charge in [0.1, 0.15) is 18.9 Å². The Kier molecular flexibility index (Phi) is 5.61. The molecule has 2 rings (SSSR count). The summed E-state index contributed by atoms with van der Waals surface area (Å²) in [4.78, 5) is 33.7. The number of nitro groups is 1. The van der Waals surface area contributed by atoms with Crippen molar-refractivity contribution in [3.8, 4) is 0 Å². The Morgan fingerprint density at radius 1 is 1.38 bits per heavy atom. The zero-order valence-electron chi connectivity index (χ0n) is 12.9. The largest absolute Gasteiger partial charge is 0.469 e. The molecule has 24 heavy (non-hydrogen) atoms. The van der Waals surface area contributed by atoms with Gasteiger partial charge in [-0.05, 0) is 5.56 Å². The Bertz CT molecular complexity index is 728.